The first-order chi connectivity index (χ1) is 17.0. The zero-order valence-corrected chi connectivity index (χ0v) is 22.5. The van der Waals surface area contributed by atoms with E-state index in [-0.39, 0.29) is 0 Å². The highest BCUT2D eigenvalue weighted by molar-refractivity contribution is 8.01. The molecule has 1 aliphatic rings. The van der Waals surface area contributed by atoms with Gasteiger partial charge in [-0.1, -0.05) is 17.7 Å². The fourth-order valence-corrected chi connectivity index (χ4v) is 6.91. The van der Waals surface area contributed by atoms with Crippen molar-refractivity contribution >= 4 is 51.6 Å². The van der Waals surface area contributed by atoms with Crippen molar-refractivity contribution in [1.29, 1.82) is 0 Å². The molecule has 1 aromatic carbocycles. The van der Waals surface area contributed by atoms with E-state index in [4.69, 9.17) is 21.1 Å². The molecule has 6 nitrogen and oxygen atoms in total. The lowest BCUT2D eigenvalue weighted by atomic mass is 9.74. The average molecular weight is 535 g/mol. The van der Waals surface area contributed by atoms with Crippen molar-refractivity contribution in [3.05, 3.63) is 46.4 Å². The van der Waals surface area contributed by atoms with Gasteiger partial charge in [-0.15, -0.1) is 23.1 Å². The first-order valence-electron chi connectivity index (χ1n) is 11.8. The lowest BCUT2D eigenvalue weighted by Crippen LogP contribution is -2.45. The Morgan fingerprint density at radius 3 is 2.66 bits per heavy atom. The highest BCUT2D eigenvalue weighted by Crippen LogP contribution is 2.39. The summed E-state index contributed by atoms with van der Waals surface area (Å²) in [5, 5.41) is 13.7. The second-order valence-corrected chi connectivity index (χ2v) is 11.6. The molecule has 0 unspecified atom stereocenters. The molecule has 1 aliphatic heterocycles. The van der Waals surface area contributed by atoms with Gasteiger partial charge in [-0.3, -0.25) is 9.78 Å². The number of carbonyl (C=O) groups is 1. The van der Waals surface area contributed by atoms with Gasteiger partial charge < -0.3 is 19.5 Å². The summed E-state index contributed by atoms with van der Waals surface area (Å²) in [5.74, 6) is 1.59. The molecular formula is C26H31ClN2O4S2. The molecule has 35 heavy (non-hydrogen) atoms. The molecule has 0 radical (unpaired) electrons. The van der Waals surface area contributed by atoms with E-state index in [1.165, 1.54) is 4.21 Å². The number of aryl methyl sites for hydroxylation is 1. The molecule has 0 amide bonds. The normalized spacial score (nSPS) is 15.9. The SMILES string of the molecule is COc1cc2ncc(Cl)c(CCCC3(C(=O)O)CCN(CCSc4cccs4)CC3)c2cc1OC. The number of thioether (sulfide) groups is 1. The molecule has 0 saturated carbocycles. The van der Waals surface area contributed by atoms with Crippen LogP contribution in [0.5, 0.6) is 11.5 Å². The van der Waals surface area contributed by atoms with E-state index < -0.39 is 11.4 Å². The maximum Gasteiger partial charge on any atom is 0.309 e. The molecule has 1 N–H and O–H groups in total. The molecule has 9 heteroatoms. The second-order valence-electron chi connectivity index (χ2n) is 8.87. The van der Waals surface area contributed by atoms with Gasteiger partial charge in [-0.2, -0.15) is 0 Å². The van der Waals surface area contributed by atoms with Crippen molar-refractivity contribution in [2.75, 3.05) is 39.6 Å². The minimum atomic E-state index is -0.679. The molecule has 3 heterocycles. The summed E-state index contributed by atoms with van der Waals surface area (Å²) in [5.41, 5.74) is 1.08. The van der Waals surface area contributed by atoms with Crippen molar-refractivity contribution in [3.8, 4) is 11.5 Å². The van der Waals surface area contributed by atoms with Crippen LogP contribution in [0.4, 0.5) is 0 Å². The van der Waals surface area contributed by atoms with Crippen LogP contribution in [0.3, 0.4) is 0 Å². The number of likely N-dealkylation sites (tertiary alicyclic amines) is 1. The Bertz CT molecular complexity index is 1150. The number of aromatic nitrogens is 1. The number of thiophene rings is 1. The van der Waals surface area contributed by atoms with Crippen LogP contribution < -0.4 is 9.47 Å². The van der Waals surface area contributed by atoms with Gasteiger partial charge in [0, 0.05) is 29.9 Å². The quantitative estimate of drug-likeness (QED) is 0.291. The first kappa shape index (κ1) is 26.1. The summed E-state index contributed by atoms with van der Waals surface area (Å²) < 4.78 is 12.2. The maximum atomic E-state index is 12.3. The van der Waals surface area contributed by atoms with Gasteiger partial charge in [-0.05, 0) is 68.3 Å². The number of carboxylic acids is 1. The Morgan fingerprint density at radius 1 is 1.26 bits per heavy atom. The van der Waals surface area contributed by atoms with Crippen LogP contribution >= 0.6 is 34.7 Å². The van der Waals surface area contributed by atoms with Crippen molar-refractivity contribution in [1.82, 2.24) is 9.88 Å². The summed E-state index contributed by atoms with van der Waals surface area (Å²) in [7, 11) is 3.20. The number of hydrogen-bond acceptors (Lipinski definition) is 7. The number of ether oxygens (including phenoxy) is 2. The van der Waals surface area contributed by atoms with Gasteiger partial charge in [0.25, 0.3) is 0 Å². The standard InChI is InChI=1S/C26H31ClN2O4S2/c1-32-22-15-19-18(20(27)17-28-21(19)16-23(22)33-2)5-3-7-26(25(30)31)8-10-29(11-9-26)12-14-35-24-6-4-13-34-24/h4,6,13,15-17H,3,5,7-12,14H2,1-2H3,(H,30,31). The molecule has 1 fully saturated rings. The Kier molecular flexibility index (Phi) is 8.81. The second kappa shape index (κ2) is 11.8. The molecule has 188 valence electrons. The third-order valence-corrected chi connectivity index (χ3v) is 9.36. The molecule has 1 saturated heterocycles. The number of benzene rings is 1. The molecule has 4 rings (SSSR count). The number of rotatable bonds is 11. The van der Waals surface area contributed by atoms with E-state index >= 15 is 0 Å². The van der Waals surface area contributed by atoms with Crippen LogP contribution in [-0.4, -0.2) is 60.6 Å². The first-order valence-corrected chi connectivity index (χ1v) is 14.0. The lowest BCUT2D eigenvalue weighted by Gasteiger charge is -2.39. The minimum Gasteiger partial charge on any atom is -0.493 e. The highest BCUT2D eigenvalue weighted by atomic mass is 35.5. The maximum absolute atomic E-state index is 12.3. The molecule has 2 aromatic heterocycles. The molecule has 0 spiro atoms. The summed E-state index contributed by atoms with van der Waals surface area (Å²) in [6.45, 7) is 2.64. The van der Waals surface area contributed by atoms with Gasteiger partial charge >= 0.3 is 5.97 Å². The van der Waals surface area contributed by atoms with Crippen LogP contribution in [0, 0.1) is 5.41 Å². The number of carboxylic acid groups (broad SMARTS) is 1. The number of methoxy groups -OCH3 is 2. The fraction of sp³-hybridized carbons (Fsp3) is 0.462. The van der Waals surface area contributed by atoms with Crippen LogP contribution in [-0.2, 0) is 11.2 Å². The summed E-state index contributed by atoms with van der Waals surface area (Å²) in [6, 6.07) is 7.97. The zero-order chi connectivity index (χ0) is 24.8. The van der Waals surface area contributed by atoms with Crippen molar-refractivity contribution in [2.24, 2.45) is 5.41 Å². The summed E-state index contributed by atoms with van der Waals surface area (Å²) in [6.07, 6.45) is 5.08. The van der Waals surface area contributed by atoms with Crippen LogP contribution in [0.25, 0.3) is 10.9 Å². The number of hydrogen-bond donors (Lipinski definition) is 1. The minimum absolute atomic E-state index is 0.590. The van der Waals surface area contributed by atoms with E-state index in [1.807, 2.05) is 23.9 Å². The summed E-state index contributed by atoms with van der Waals surface area (Å²) >= 11 is 10.2. The molecule has 0 aliphatic carbocycles. The molecule has 3 aromatic rings. The molecule has 0 bridgehead atoms. The number of aliphatic carboxylic acids is 1. The van der Waals surface area contributed by atoms with Gasteiger partial charge in [0.2, 0.25) is 0 Å². The predicted molar refractivity (Wildman–Crippen MR) is 144 cm³/mol. The Morgan fingerprint density at radius 2 is 2.00 bits per heavy atom. The number of piperidine rings is 1. The third-order valence-electron chi connectivity index (χ3n) is 6.93. The van der Waals surface area contributed by atoms with Crippen molar-refractivity contribution in [2.45, 2.75) is 36.3 Å². The number of pyridine rings is 1. The van der Waals surface area contributed by atoms with Crippen molar-refractivity contribution in [3.63, 3.8) is 0 Å². The van der Waals surface area contributed by atoms with E-state index in [0.717, 1.165) is 48.3 Å². The topological polar surface area (TPSA) is 71.9 Å². The molecule has 0 atom stereocenters. The number of nitrogens with zero attached hydrogens (tertiary/aromatic N) is 2. The molecular weight excluding hydrogens is 504 g/mol. The largest absolute Gasteiger partial charge is 0.493 e. The van der Waals surface area contributed by atoms with E-state index in [1.54, 1.807) is 31.8 Å². The van der Waals surface area contributed by atoms with Gasteiger partial charge in [0.05, 0.1) is 34.4 Å². The Balaban J connectivity index is 1.38. The van der Waals surface area contributed by atoms with Crippen molar-refractivity contribution < 1.29 is 19.4 Å². The highest BCUT2D eigenvalue weighted by Gasteiger charge is 2.40. The van der Waals surface area contributed by atoms with E-state index in [0.29, 0.717) is 42.2 Å². The smallest absolute Gasteiger partial charge is 0.309 e. The monoisotopic (exact) mass is 534 g/mol. The number of fused-ring (bicyclic) bond motifs is 1. The van der Waals surface area contributed by atoms with Gasteiger partial charge in [0.15, 0.2) is 11.5 Å². The number of halogens is 1. The van der Waals surface area contributed by atoms with Crippen LogP contribution in [0.2, 0.25) is 5.02 Å². The predicted octanol–water partition coefficient (Wildman–Crippen LogP) is 6.25. The van der Waals surface area contributed by atoms with E-state index in [2.05, 4.69) is 27.4 Å². The van der Waals surface area contributed by atoms with E-state index in [9.17, 15) is 9.90 Å². The fourth-order valence-electron chi connectivity index (χ4n) is 4.80. The Hall–Kier alpha value is -2.00. The third kappa shape index (κ3) is 6.05. The van der Waals surface area contributed by atoms with Gasteiger partial charge in [0.1, 0.15) is 0 Å². The van der Waals surface area contributed by atoms with Crippen LogP contribution in [0.1, 0.15) is 31.2 Å². The van der Waals surface area contributed by atoms with Gasteiger partial charge in [-0.25, -0.2) is 0 Å². The average Bonchev–Trinajstić information content (AvgIpc) is 3.39. The van der Waals surface area contributed by atoms with Crippen LogP contribution in [0.15, 0.2) is 40.1 Å². The Labute approximate surface area is 219 Å². The lowest BCUT2D eigenvalue weighted by molar-refractivity contribution is -0.152. The summed E-state index contributed by atoms with van der Waals surface area (Å²) in [4.78, 5) is 19.2. The zero-order valence-electron chi connectivity index (χ0n) is 20.1.